The minimum absolute atomic E-state index is 0.0359. The largest absolute Gasteiger partial charge is 0.507 e. The third-order valence-corrected chi connectivity index (χ3v) is 7.29. The minimum atomic E-state index is -0.830. The smallest absolute Gasteiger partial charge is 0.301 e. The SMILES string of the molecule is Cc1ccc(/C(O)=C2\C(=O)C(=O)N(c3nc4ccc(Cl)cc4s3)C2c2ccc(N(C)C)cc2)cc1. The number of aryl methyl sites for hydroxylation is 1. The number of anilines is 2. The van der Waals surface area contributed by atoms with Crippen LogP contribution in [0.25, 0.3) is 16.0 Å². The van der Waals surface area contributed by atoms with Crippen molar-refractivity contribution in [2.45, 2.75) is 13.0 Å². The van der Waals surface area contributed by atoms with E-state index in [1.54, 1.807) is 30.3 Å². The summed E-state index contributed by atoms with van der Waals surface area (Å²) in [5.41, 5.74) is 3.87. The number of benzene rings is 3. The van der Waals surface area contributed by atoms with Gasteiger partial charge in [0, 0.05) is 30.4 Å². The standard InChI is InChI=1S/C27H22ClN3O3S/c1-15-4-6-17(7-5-15)24(32)22-23(16-8-11-19(12-9-16)30(2)3)31(26(34)25(22)33)27-29-20-13-10-18(28)14-21(20)35-27/h4-14,23,32H,1-3H3/b24-22+. The average molecular weight is 504 g/mol. The van der Waals surface area contributed by atoms with Gasteiger partial charge >= 0.3 is 5.91 Å². The molecule has 3 aromatic carbocycles. The molecule has 0 spiro atoms. The Bertz CT molecular complexity index is 1490. The number of nitrogens with zero attached hydrogens (tertiary/aromatic N) is 3. The van der Waals surface area contributed by atoms with Gasteiger partial charge in [-0.15, -0.1) is 0 Å². The maximum atomic E-state index is 13.4. The van der Waals surface area contributed by atoms with Crippen molar-refractivity contribution in [1.29, 1.82) is 0 Å². The zero-order valence-corrected chi connectivity index (χ0v) is 20.9. The van der Waals surface area contributed by atoms with Crippen molar-refractivity contribution in [2.75, 3.05) is 23.9 Å². The number of aliphatic hydroxyl groups is 1. The van der Waals surface area contributed by atoms with Crippen LogP contribution in [0.4, 0.5) is 10.8 Å². The second-order valence-electron chi connectivity index (χ2n) is 8.63. The molecule has 5 rings (SSSR count). The predicted molar refractivity (Wildman–Crippen MR) is 141 cm³/mol. The van der Waals surface area contributed by atoms with Gasteiger partial charge in [-0.1, -0.05) is 64.9 Å². The number of ketones is 1. The van der Waals surface area contributed by atoms with Crippen molar-refractivity contribution in [3.63, 3.8) is 0 Å². The topological polar surface area (TPSA) is 73.7 Å². The molecule has 0 saturated carbocycles. The first-order valence-corrected chi connectivity index (χ1v) is 12.2. The fourth-order valence-electron chi connectivity index (χ4n) is 4.16. The van der Waals surface area contributed by atoms with E-state index in [-0.39, 0.29) is 11.3 Å². The number of thiazole rings is 1. The minimum Gasteiger partial charge on any atom is -0.507 e. The van der Waals surface area contributed by atoms with Crippen molar-refractivity contribution in [3.8, 4) is 0 Å². The van der Waals surface area contributed by atoms with E-state index in [0.29, 0.717) is 26.8 Å². The molecule has 1 N–H and O–H groups in total. The number of aliphatic hydroxyl groups excluding tert-OH is 1. The highest BCUT2D eigenvalue weighted by atomic mass is 35.5. The Labute approximate surface area is 211 Å². The molecule has 0 radical (unpaired) electrons. The second-order valence-corrected chi connectivity index (χ2v) is 10.1. The number of carbonyl (C=O) groups is 2. The molecule has 1 amide bonds. The summed E-state index contributed by atoms with van der Waals surface area (Å²) >= 11 is 7.43. The van der Waals surface area contributed by atoms with Crippen LogP contribution in [0.2, 0.25) is 5.02 Å². The molecule has 0 aliphatic carbocycles. The van der Waals surface area contributed by atoms with Crippen LogP contribution in [0.15, 0.2) is 72.3 Å². The van der Waals surface area contributed by atoms with Crippen molar-refractivity contribution < 1.29 is 14.7 Å². The van der Waals surface area contributed by atoms with Gasteiger partial charge in [-0.3, -0.25) is 14.5 Å². The normalized spacial score (nSPS) is 17.4. The van der Waals surface area contributed by atoms with Gasteiger partial charge < -0.3 is 10.0 Å². The molecule has 1 unspecified atom stereocenters. The Morgan fingerprint density at radius 2 is 1.71 bits per heavy atom. The summed E-state index contributed by atoms with van der Waals surface area (Å²) in [4.78, 5) is 34.7. The van der Waals surface area contributed by atoms with E-state index >= 15 is 0 Å². The van der Waals surface area contributed by atoms with Crippen LogP contribution in [0.3, 0.4) is 0 Å². The summed E-state index contributed by atoms with van der Waals surface area (Å²) in [6.45, 7) is 1.94. The first kappa shape index (κ1) is 23.1. The van der Waals surface area contributed by atoms with Crippen LogP contribution in [0.1, 0.15) is 22.7 Å². The van der Waals surface area contributed by atoms with Crippen molar-refractivity contribution in [1.82, 2.24) is 4.98 Å². The molecular formula is C27H22ClN3O3S. The third-order valence-electron chi connectivity index (χ3n) is 6.04. The molecule has 2 heterocycles. The molecule has 8 heteroatoms. The van der Waals surface area contributed by atoms with E-state index in [2.05, 4.69) is 4.98 Å². The van der Waals surface area contributed by atoms with E-state index in [1.807, 2.05) is 62.3 Å². The summed E-state index contributed by atoms with van der Waals surface area (Å²) in [5.74, 6) is -1.69. The molecule has 0 bridgehead atoms. The number of hydrogen-bond donors (Lipinski definition) is 1. The van der Waals surface area contributed by atoms with Gasteiger partial charge in [0.15, 0.2) is 5.13 Å². The number of Topliss-reactive ketones (excluding diaryl/α,β-unsaturated/α-hetero) is 1. The molecule has 1 aliphatic heterocycles. The molecule has 176 valence electrons. The van der Waals surface area contributed by atoms with Gasteiger partial charge in [0.05, 0.1) is 21.8 Å². The highest BCUT2D eigenvalue weighted by molar-refractivity contribution is 7.22. The lowest BCUT2D eigenvalue weighted by Crippen LogP contribution is -2.29. The summed E-state index contributed by atoms with van der Waals surface area (Å²) in [6, 6.07) is 19.2. The van der Waals surface area contributed by atoms with E-state index in [1.165, 1.54) is 16.2 Å². The highest BCUT2D eigenvalue weighted by Crippen LogP contribution is 2.44. The number of fused-ring (bicyclic) bond motifs is 1. The molecular weight excluding hydrogens is 482 g/mol. The molecule has 1 atom stereocenters. The van der Waals surface area contributed by atoms with Crippen molar-refractivity contribution in [2.24, 2.45) is 0 Å². The van der Waals surface area contributed by atoms with Gasteiger partial charge in [-0.25, -0.2) is 4.98 Å². The molecule has 35 heavy (non-hydrogen) atoms. The van der Waals surface area contributed by atoms with Gasteiger partial charge in [0.25, 0.3) is 5.78 Å². The fraction of sp³-hybridized carbons (Fsp3) is 0.148. The first-order chi connectivity index (χ1) is 16.7. The van der Waals surface area contributed by atoms with Crippen LogP contribution >= 0.6 is 22.9 Å². The van der Waals surface area contributed by atoms with Crippen LogP contribution in [-0.2, 0) is 9.59 Å². The average Bonchev–Trinajstić information content (AvgIpc) is 3.37. The maximum absolute atomic E-state index is 13.4. The van der Waals surface area contributed by atoms with Gasteiger partial charge in [0.2, 0.25) is 0 Å². The number of rotatable bonds is 4. The molecule has 1 saturated heterocycles. The molecule has 4 aromatic rings. The lowest BCUT2D eigenvalue weighted by atomic mass is 9.95. The van der Waals surface area contributed by atoms with Crippen LogP contribution in [0, 0.1) is 6.92 Å². The van der Waals surface area contributed by atoms with Gasteiger partial charge in [0.1, 0.15) is 5.76 Å². The Kier molecular flexibility index (Phi) is 5.83. The van der Waals surface area contributed by atoms with Crippen molar-refractivity contribution in [3.05, 3.63) is 94.0 Å². The summed E-state index contributed by atoms with van der Waals surface area (Å²) < 4.78 is 0.801. The van der Waals surface area contributed by atoms with Gasteiger partial charge in [-0.05, 0) is 42.8 Å². The Morgan fingerprint density at radius 1 is 1.03 bits per heavy atom. The van der Waals surface area contributed by atoms with E-state index in [9.17, 15) is 14.7 Å². The third kappa shape index (κ3) is 4.07. The monoisotopic (exact) mass is 503 g/mol. The number of aromatic nitrogens is 1. The molecule has 1 aliphatic rings. The lowest BCUT2D eigenvalue weighted by molar-refractivity contribution is -0.132. The van der Waals surface area contributed by atoms with E-state index in [0.717, 1.165) is 16.0 Å². The van der Waals surface area contributed by atoms with Crippen LogP contribution in [-0.4, -0.2) is 35.9 Å². The Hall–Kier alpha value is -3.68. The predicted octanol–water partition coefficient (Wildman–Crippen LogP) is 5.95. The number of amides is 1. The second kappa shape index (κ2) is 8.83. The summed E-state index contributed by atoms with van der Waals surface area (Å²) in [5, 5.41) is 12.2. The zero-order valence-electron chi connectivity index (χ0n) is 19.3. The summed E-state index contributed by atoms with van der Waals surface area (Å²) in [7, 11) is 3.87. The zero-order chi connectivity index (χ0) is 24.9. The summed E-state index contributed by atoms with van der Waals surface area (Å²) in [6.07, 6.45) is 0. The lowest BCUT2D eigenvalue weighted by Gasteiger charge is -2.23. The van der Waals surface area contributed by atoms with E-state index < -0.39 is 17.7 Å². The van der Waals surface area contributed by atoms with Crippen molar-refractivity contribution >= 4 is 61.4 Å². The molecule has 6 nitrogen and oxygen atoms in total. The quantitative estimate of drug-likeness (QED) is 0.211. The number of halogens is 1. The van der Waals surface area contributed by atoms with Crippen LogP contribution in [0.5, 0.6) is 0 Å². The molecule has 1 fully saturated rings. The molecule has 1 aromatic heterocycles. The Balaban J connectivity index is 1.71. The Morgan fingerprint density at radius 3 is 2.37 bits per heavy atom. The van der Waals surface area contributed by atoms with E-state index in [4.69, 9.17) is 11.6 Å². The first-order valence-electron chi connectivity index (χ1n) is 11.0. The fourth-order valence-corrected chi connectivity index (χ4v) is 5.42. The number of hydrogen-bond acceptors (Lipinski definition) is 6. The number of carbonyl (C=O) groups excluding carboxylic acids is 2. The van der Waals surface area contributed by atoms with Gasteiger partial charge in [-0.2, -0.15) is 0 Å². The maximum Gasteiger partial charge on any atom is 0.301 e. The highest BCUT2D eigenvalue weighted by Gasteiger charge is 2.48. The van der Waals surface area contributed by atoms with Crippen LogP contribution < -0.4 is 9.80 Å².